The molecule has 194 valence electrons. The van der Waals surface area contributed by atoms with Gasteiger partial charge < -0.3 is 20.1 Å². The first-order valence-corrected chi connectivity index (χ1v) is 13.0. The number of aromatic nitrogens is 3. The van der Waals surface area contributed by atoms with Crippen LogP contribution in [0, 0.1) is 6.92 Å². The van der Waals surface area contributed by atoms with Crippen molar-refractivity contribution in [3.05, 3.63) is 46.1 Å². The molecular weight excluding hydrogens is 482 g/mol. The van der Waals surface area contributed by atoms with Gasteiger partial charge in [0.05, 0.1) is 12.5 Å². The number of rotatable bonds is 12. The number of amides is 1. The Morgan fingerprint density at radius 3 is 2.81 bits per heavy atom. The number of hydrogen-bond donors (Lipinski definition) is 2. The molecule has 1 aliphatic carbocycles. The van der Waals surface area contributed by atoms with Crippen LogP contribution in [0.4, 0.5) is 5.82 Å². The Balaban J connectivity index is 1.21. The maximum Gasteiger partial charge on any atom is 0.328 e. The number of carbonyl (C=O) groups is 2. The van der Waals surface area contributed by atoms with Crippen molar-refractivity contribution in [2.24, 2.45) is 0 Å². The molecule has 10 heteroatoms. The average molecular weight is 516 g/mol. The van der Waals surface area contributed by atoms with E-state index in [-0.39, 0.29) is 11.1 Å². The Bertz CT molecular complexity index is 1070. The van der Waals surface area contributed by atoms with Gasteiger partial charge in [0.2, 0.25) is 5.91 Å². The van der Waals surface area contributed by atoms with Crippen LogP contribution >= 0.6 is 11.6 Å². The highest BCUT2D eigenvalue weighted by atomic mass is 35.5. The molecule has 4 rings (SSSR count). The molecule has 0 saturated heterocycles. The molecule has 0 aromatic carbocycles. The van der Waals surface area contributed by atoms with Gasteiger partial charge >= 0.3 is 5.97 Å². The highest BCUT2D eigenvalue weighted by Gasteiger charge is 2.54. The lowest BCUT2D eigenvalue weighted by atomic mass is 9.94. The SMILES string of the molecule is COC(=O)C(CCOCCCCc1ccc2c(n1)NCCC2)NC(=O)C1(c2c(C)ncnc2Cl)CC1. The summed E-state index contributed by atoms with van der Waals surface area (Å²) in [6.45, 7) is 3.70. The van der Waals surface area contributed by atoms with Crippen LogP contribution < -0.4 is 10.6 Å². The third-order valence-electron chi connectivity index (χ3n) is 6.92. The van der Waals surface area contributed by atoms with Crippen LogP contribution in [0.15, 0.2) is 18.5 Å². The van der Waals surface area contributed by atoms with E-state index in [1.54, 1.807) is 6.92 Å². The van der Waals surface area contributed by atoms with Crippen LogP contribution in [0.1, 0.15) is 61.0 Å². The van der Waals surface area contributed by atoms with Crippen LogP contribution in [-0.2, 0) is 37.3 Å². The normalized spacial score (nSPS) is 16.4. The minimum Gasteiger partial charge on any atom is -0.467 e. The number of hydrogen-bond acceptors (Lipinski definition) is 8. The van der Waals surface area contributed by atoms with E-state index in [0.29, 0.717) is 43.7 Å². The monoisotopic (exact) mass is 515 g/mol. The second-order valence-electron chi connectivity index (χ2n) is 9.46. The topological polar surface area (TPSA) is 115 Å². The summed E-state index contributed by atoms with van der Waals surface area (Å²) in [6.07, 6.45) is 7.95. The summed E-state index contributed by atoms with van der Waals surface area (Å²) in [6, 6.07) is 3.49. The zero-order valence-electron chi connectivity index (χ0n) is 20.9. The zero-order valence-corrected chi connectivity index (χ0v) is 21.7. The first-order valence-electron chi connectivity index (χ1n) is 12.6. The summed E-state index contributed by atoms with van der Waals surface area (Å²) in [5.41, 5.74) is 2.89. The van der Waals surface area contributed by atoms with Crippen molar-refractivity contribution in [2.45, 2.75) is 69.7 Å². The number of nitrogens with zero attached hydrogens (tertiary/aromatic N) is 3. The number of ether oxygens (including phenoxy) is 2. The van der Waals surface area contributed by atoms with Crippen molar-refractivity contribution in [2.75, 3.05) is 32.2 Å². The van der Waals surface area contributed by atoms with Gasteiger partial charge in [-0.15, -0.1) is 0 Å². The number of methoxy groups -OCH3 is 1. The van der Waals surface area contributed by atoms with Crippen LogP contribution in [0.5, 0.6) is 0 Å². The lowest BCUT2D eigenvalue weighted by molar-refractivity contribution is -0.146. The lowest BCUT2D eigenvalue weighted by Gasteiger charge is -2.22. The number of esters is 1. The summed E-state index contributed by atoms with van der Waals surface area (Å²) in [5, 5.41) is 6.49. The van der Waals surface area contributed by atoms with Crippen molar-refractivity contribution in [3.63, 3.8) is 0 Å². The van der Waals surface area contributed by atoms with Gasteiger partial charge in [0.25, 0.3) is 0 Å². The minimum absolute atomic E-state index is 0.260. The fourth-order valence-electron chi connectivity index (χ4n) is 4.71. The third-order valence-corrected chi connectivity index (χ3v) is 7.21. The van der Waals surface area contributed by atoms with Crippen molar-refractivity contribution in [1.29, 1.82) is 0 Å². The van der Waals surface area contributed by atoms with E-state index in [1.807, 2.05) is 0 Å². The molecule has 0 spiro atoms. The molecule has 2 aliphatic rings. The standard InChI is InChI=1S/C26H34ClN5O4/c1-17-21(22(27)30-16-29-17)26(11-12-26)25(34)32-20(24(33)35-2)10-15-36-14-4-3-7-19-9-8-18-6-5-13-28-23(18)31-19/h8-9,16,20H,3-7,10-15H2,1-2H3,(H,28,31)(H,32,34). The van der Waals surface area contributed by atoms with Crippen LogP contribution in [0.2, 0.25) is 5.15 Å². The van der Waals surface area contributed by atoms with E-state index in [0.717, 1.165) is 50.2 Å². The number of unbranched alkanes of at least 4 members (excludes halogenated alkanes) is 1. The Morgan fingerprint density at radius 2 is 2.06 bits per heavy atom. The number of aryl methyl sites for hydroxylation is 3. The Hall–Kier alpha value is -2.78. The third kappa shape index (κ3) is 6.13. The molecule has 9 nitrogen and oxygen atoms in total. The van der Waals surface area contributed by atoms with Gasteiger partial charge in [-0.25, -0.2) is 19.7 Å². The Morgan fingerprint density at radius 1 is 1.22 bits per heavy atom. The van der Waals surface area contributed by atoms with E-state index < -0.39 is 17.4 Å². The number of carbonyl (C=O) groups excluding carboxylic acids is 2. The number of nitrogens with one attached hydrogen (secondary N) is 2. The fourth-order valence-corrected chi connectivity index (χ4v) is 5.07. The van der Waals surface area contributed by atoms with Gasteiger partial charge in [0.15, 0.2) is 0 Å². The highest BCUT2D eigenvalue weighted by Crippen LogP contribution is 2.51. The summed E-state index contributed by atoms with van der Waals surface area (Å²) < 4.78 is 10.7. The second-order valence-corrected chi connectivity index (χ2v) is 9.81. The first kappa shape index (κ1) is 26.3. The van der Waals surface area contributed by atoms with Crippen molar-refractivity contribution in [1.82, 2.24) is 20.3 Å². The molecule has 2 aromatic rings. The molecule has 1 amide bonds. The highest BCUT2D eigenvalue weighted by molar-refractivity contribution is 6.30. The number of pyridine rings is 1. The largest absolute Gasteiger partial charge is 0.467 e. The molecule has 36 heavy (non-hydrogen) atoms. The van der Waals surface area contributed by atoms with E-state index in [2.05, 4.69) is 32.7 Å². The van der Waals surface area contributed by atoms with Crippen LogP contribution in [-0.4, -0.2) is 59.7 Å². The van der Waals surface area contributed by atoms with Gasteiger partial charge in [-0.1, -0.05) is 17.7 Å². The van der Waals surface area contributed by atoms with Crippen molar-refractivity contribution < 1.29 is 19.1 Å². The van der Waals surface area contributed by atoms with Crippen LogP contribution in [0.3, 0.4) is 0 Å². The summed E-state index contributed by atoms with van der Waals surface area (Å²) >= 11 is 6.29. The van der Waals surface area contributed by atoms with Crippen molar-refractivity contribution >= 4 is 29.3 Å². The van der Waals surface area contributed by atoms with Crippen molar-refractivity contribution in [3.8, 4) is 0 Å². The smallest absolute Gasteiger partial charge is 0.328 e. The second kappa shape index (κ2) is 12.0. The molecule has 1 unspecified atom stereocenters. The molecule has 1 aliphatic heterocycles. The summed E-state index contributed by atoms with van der Waals surface area (Å²) in [4.78, 5) is 38.5. The zero-order chi connectivity index (χ0) is 25.5. The maximum atomic E-state index is 13.2. The first-order chi connectivity index (χ1) is 17.4. The maximum absolute atomic E-state index is 13.2. The lowest BCUT2D eigenvalue weighted by Crippen LogP contribution is -2.47. The molecule has 2 N–H and O–H groups in total. The fraction of sp³-hybridized carbons (Fsp3) is 0.577. The predicted octanol–water partition coefficient (Wildman–Crippen LogP) is 3.31. The number of fused-ring (bicyclic) bond motifs is 1. The Kier molecular flexibility index (Phi) is 8.74. The van der Waals surface area contributed by atoms with Gasteiger partial charge in [0.1, 0.15) is 23.3 Å². The van der Waals surface area contributed by atoms with E-state index >= 15 is 0 Å². The Labute approximate surface area is 216 Å². The molecule has 2 aromatic heterocycles. The molecule has 0 radical (unpaired) electrons. The van der Waals surface area contributed by atoms with Gasteiger partial charge in [-0.3, -0.25) is 4.79 Å². The van der Waals surface area contributed by atoms with Gasteiger partial charge in [0, 0.05) is 43.1 Å². The number of halogens is 1. The van der Waals surface area contributed by atoms with E-state index in [9.17, 15) is 9.59 Å². The molecule has 1 fully saturated rings. The molecule has 0 bridgehead atoms. The predicted molar refractivity (Wildman–Crippen MR) is 136 cm³/mol. The molecule has 1 atom stereocenters. The quantitative estimate of drug-likeness (QED) is 0.251. The molecule has 3 heterocycles. The van der Waals surface area contributed by atoms with E-state index in [1.165, 1.54) is 19.0 Å². The minimum atomic E-state index is -0.796. The van der Waals surface area contributed by atoms with E-state index in [4.69, 9.17) is 26.1 Å². The number of anilines is 1. The van der Waals surface area contributed by atoms with Gasteiger partial charge in [-0.05, 0) is 63.5 Å². The summed E-state index contributed by atoms with van der Waals surface area (Å²) in [5.74, 6) is 0.266. The summed E-state index contributed by atoms with van der Waals surface area (Å²) in [7, 11) is 1.31. The molecular formula is C26H34ClN5O4. The van der Waals surface area contributed by atoms with Gasteiger partial charge in [-0.2, -0.15) is 0 Å². The van der Waals surface area contributed by atoms with Crippen LogP contribution in [0.25, 0.3) is 0 Å². The average Bonchev–Trinajstić information content (AvgIpc) is 3.68. The molecule has 1 saturated carbocycles.